The van der Waals surface area contributed by atoms with Gasteiger partial charge in [-0.25, -0.2) is 0 Å². The molecule has 1 aliphatic heterocycles. The van der Waals surface area contributed by atoms with Crippen molar-refractivity contribution in [2.75, 3.05) is 18.0 Å². The Labute approximate surface area is 117 Å². The average molecular weight is 256 g/mol. The van der Waals surface area contributed by atoms with Crippen LogP contribution in [0.1, 0.15) is 45.6 Å². The molecule has 2 rings (SSSR count). The van der Waals surface area contributed by atoms with Crippen LogP contribution in [0, 0.1) is 22.7 Å². The van der Waals surface area contributed by atoms with Crippen molar-refractivity contribution in [1.82, 2.24) is 0 Å². The highest BCUT2D eigenvalue weighted by Crippen LogP contribution is 2.36. The zero-order valence-corrected chi connectivity index (χ0v) is 12.5. The van der Waals surface area contributed by atoms with Crippen molar-refractivity contribution in [2.24, 2.45) is 11.3 Å². The normalized spacial score (nSPS) is 22.3. The van der Waals surface area contributed by atoms with Crippen molar-refractivity contribution in [3.63, 3.8) is 0 Å². The molecule has 1 aliphatic rings. The van der Waals surface area contributed by atoms with E-state index >= 15 is 0 Å². The number of benzene rings is 1. The highest BCUT2D eigenvalue weighted by Gasteiger charge is 2.35. The van der Waals surface area contributed by atoms with E-state index in [0.717, 1.165) is 19.5 Å². The Hall–Kier alpha value is -1.49. The van der Waals surface area contributed by atoms with E-state index in [1.54, 1.807) is 0 Å². The van der Waals surface area contributed by atoms with Crippen LogP contribution in [0.25, 0.3) is 0 Å². The van der Waals surface area contributed by atoms with Gasteiger partial charge in [0.05, 0.1) is 12.0 Å². The molecule has 2 heteroatoms. The van der Waals surface area contributed by atoms with Crippen molar-refractivity contribution in [3.8, 4) is 6.07 Å². The maximum atomic E-state index is 9.21. The third kappa shape index (κ3) is 2.92. The van der Waals surface area contributed by atoms with Gasteiger partial charge in [-0.05, 0) is 35.4 Å². The second kappa shape index (κ2) is 5.25. The zero-order valence-electron chi connectivity index (χ0n) is 12.5. The van der Waals surface area contributed by atoms with E-state index in [1.165, 1.54) is 11.3 Å². The van der Waals surface area contributed by atoms with E-state index in [-0.39, 0.29) is 11.3 Å². The van der Waals surface area contributed by atoms with Crippen LogP contribution >= 0.6 is 0 Å². The molecular weight excluding hydrogens is 232 g/mol. The molecule has 0 bridgehead atoms. The second-order valence-electron chi connectivity index (χ2n) is 6.63. The minimum Gasteiger partial charge on any atom is -0.371 e. The molecule has 2 nitrogen and oxygen atoms in total. The minimum atomic E-state index is 0.0731. The predicted octanol–water partition coefficient (Wildman–Crippen LogP) is 4.19. The molecule has 0 radical (unpaired) electrons. The summed E-state index contributed by atoms with van der Waals surface area (Å²) in [5.41, 5.74) is 2.74. The predicted molar refractivity (Wildman–Crippen MR) is 80.2 cm³/mol. The number of rotatable bonds is 2. The van der Waals surface area contributed by atoms with Crippen LogP contribution in [0.15, 0.2) is 24.3 Å². The lowest BCUT2D eigenvalue weighted by Gasteiger charge is -2.42. The molecule has 0 saturated carbocycles. The fourth-order valence-corrected chi connectivity index (χ4v) is 2.89. The molecule has 1 aromatic carbocycles. The third-order valence-corrected chi connectivity index (χ3v) is 4.31. The van der Waals surface area contributed by atoms with Gasteiger partial charge in [-0.2, -0.15) is 5.26 Å². The van der Waals surface area contributed by atoms with E-state index in [9.17, 15) is 5.26 Å². The fourth-order valence-electron chi connectivity index (χ4n) is 2.89. The number of hydrogen-bond acceptors (Lipinski definition) is 2. The zero-order chi connectivity index (χ0) is 14.0. The summed E-state index contributed by atoms with van der Waals surface area (Å²) in [6.07, 6.45) is 0.968. The smallest absolute Gasteiger partial charge is 0.0662 e. The molecule has 1 heterocycles. The monoisotopic (exact) mass is 256 g/mol. The third-order valence-electron chi connectivity index (χ3n) is 4.31. The van der Waals surface area contributed by atoms with Gasteiger partial charge in [0.15, 0.2) is 0 Å². The lowest BCUT2D eigenvalue weighted by molar-refractivity contribution is 0.226. The van der Waals surface area contributed by atoms with Gasteiger partial charge in [0, 0.05) is 18.8 Å². The van der Waals surface area contributed by atoms with Crippen LogP contribution in [0.3, 0.4) is 0 Å². The lowest BCUT2D eigenvalue weighted by atomic mass is 9.74. The van der Waals surface area contributed by atoms with Crippen molar-refractivity contribution in [2.45, 2.75) is 40.0 Å². The van der Waals surface area contributed by atoms with Gasteiger partial charge in [0.25, 0.3) is 0 Å². The number of nitriles is 1. The summed E-state index contributed by atoms with van der Waals surface area (Å²) in [6, 6.07) is 11.4. The van der Waals surface area contributed by atoms with Crippen LogP contribution in [0.5, 0.6) is 0 Å². The Bertz CT molecular complexity index is 465. The summed E-state index contributed by atoms with van der Waals surface area (Å²) in [6.45, 7) is 10.8. The summed E-state index contributed by atoms with van der Waals surface area (Å²) in [5, 5.41) is 9.21. The Morgan fingerprint density at radius 2 is 1.89 bits per heavy atom. The van der Waals surface area contributed by atoms with Crippen molar-refractivity contribution in [1.29, 1.82) is 5.26 Å². The summed E-state index contributed by atoms with van der Waals surface area (Å²) < 4.78 is 0. The van der Waals surface area contributed by atoms with Crippen molar-refractivity contribution >= 4 is 5.69 Å². The van der Waals surface area contributed by atoms with Crippen LogP contribution in [0.2, 0.25) is 0 Å². The number of hydrogen-bond donors (Lipinski definition) is 0. The van der Waals surface area contributed by atoms with Gasteiger partial charge in [0.1, 0.15) is 0 Å². The molecule has 0 spiro atoms. The van der Waals surface area contributed by atoms with E-state index < -0.39 is 0 Å². The fraction of sp³-hybridized carbons (Fsp3) is 0.588. The van der Waals surface area contributed by atoms with E-state index in [2.05, 4.69) is 62.9 Å². The summed E-state index contributed by atoms with van der Waals surface area (Å²) in [7, 11) is 0. The summed E-state index contributed by atoms with van der Waals surface area (Å²) >= 11 is 0. The van der Waals surface area contributed by atoms with Crippen molar-refractivity contribution < 1.29 is 0 Å². The largest absolute Gasteiger partial charge is 0.371 e. The van der Waals surface area contributed by atoms with Crippen LogP contribution < -0.4 is 4.90 Å². The van der Waals surface area contributed by atoms with Crippen LogP contribution in [-0.2, 0) is 0 Å². The van der Waals surface area contributed by atoms with Gasteiger partial charge < -0.3 is 4.90 Å². The van der Waals surface area contributed by atoms with E-state index in [0.29, 0.717) is 5.92 Å². The second-order valence-corrected chi connectivity index (χ2v) is 6.63. The molecule has 0 N–H and O–H groups in total. The Kier molecular flexibility index (Phi) is 3.85. The molecule has 0 aliphatic carbocycles. The number of nitrogens with zero attached hydrogens (tertiary/aromatic N) is 2. The van der Waals surface area contributed by atoms with Gasteiger partial charge in [-0.15, -0.1) is 0 Å². The van der Waals surface area contributed by atoms with Crippen molar-refractivity contribution in [3.05, 3.63) is 29.8 Å². The standard InChI is InChI=1S/C17H24N2/c1-13(2)14-5-7-16(8-6-14)19-10-9-15(11-18)17(3,4)12-19/h5-8,13,15H,9-10,12H2,1-4H3. The van der Waals surface area contributed by atoms with Gasteiger partial charge in [-0.3, -0.25) is 0 Å². The first kappa shape index (κ1) is 13.9. The molecular formula is C17H24N2. The quantitative estimate of drug-likeness (QED) is 0.793. The summed E-state index contributed by atoms with van der Waals surface area (Å²) in [4.78, 5) is 2.41. The molecule has 1 unspecified atom stereocenters. The molecule has 1 atom stereocenters. The minimum absolute atomic E-state index is 0.0731. The first-order valence-electron chi connectivity index (χ1n) is 7.18. The van der Waals surface area contributed by atoms with Gasteiger partial charge >= 0.3 is 0 Å². The van der Waals surface area contributed by atoms with Crippen LogP contribution in [-0.4, -0.2) is 13.1 Å². The molecule has 102 valence electrons. The van der Waals surface area contributed by atoms with Gasteiger partial charge in [-0.1, -0.05) is 39.8 Å². The van der Waals surface area contributed by atoms with E-state index in [1.807, 2.05) is 0 Å². The van der Waals surface area contributed by atoms with Gasteiger partial charge in [0.2, 0.25) is 0 Å². The highest BCUT2D eigenvalue weighted by molar-refractivity contribution is 5.49. The topological polar surface area (TPSA) is 27.0 Å². The molecule has 0 aromatic heterocycles. The van der Waals surface area contributed by atoms with E-state index in [4.69, 9.17) is 0 Å². The molecule has 19 heavy (non-hydrogen) atoms. The SMILES string of the molecule is CC(C)c1ccc(N2CCC(C#N)C(C)(C)C2)cc1. The molecule has 1 saturated heterocycles. The molecule has 0 amide bonds. The summed E-state index contributed by atoms with van der Waals surface area (Å²) in [5.74, 6) is 0.758. The number of anilines is 1. The highest BCUT2D eigenvalue weighted by atomic mass is 15.1. The molecule has 1 fully saturated rings. The first-order chi connectivity index (χ1) is 8.94. The maximum absolute atomic E-state index is 9.21. The maximum Gasteiger partial charge on any atom is 0.0662 e. The lowest BCUT2D eigenvalue weighted by Crippen LogP contribution is -2.45. The molecule has 1 aromatic rings. The number of piperidine rings is 1. The Morgan fingerprint density at radius 3 is 2.37 bits per heavy atom. The average Bonchev–Trinajstić information content (AvgIpc) is 2.37. The first-order valence-corrected chi connectivity index (χ1v) is 7.18. The Morgan fingerprint density at radius 1 is 1.26 bits per heavy atom. The Balaban J connectivity index is 2.14. The van der Waals surface area contributed by atoms with Crippen LogP contribution in [0.4, 0.5) is 5.69 Å².